The average Bonchev–Trinajstić information content (AvgIpc) is 2.48. The molecule has 2 rings (SSSR count). The van der Waals surface area contributed by atoms with Crippen molar-refractivity contribution in [3.63, 3.8) is 0 Å². The summed E-state index contributed by atoms with van der Waals surface area (Å²) in [6, 6.07) is 3.13. The summed E-state index contributed by atoms with van der Waals surface area (Å²) in [5.41, 5.74) is 0.160. The Morgan fingerprint density at radius 1 is 1.32 bits per heavy atom. The van der Waals surface area contributed by atoms with Crippen molar-refractivity contribution in [1.29, 1.82) is 0 Å². The number of hydrogen-bond acceptors (Lipinski definition) is 2. The van der Waals surface area contributed by atoms with E-state index in [1.807, 2.05) is 6.92 Å². The quantitative estimate of drug-likeness (QED) is 0.930. The van der Waals surface area contributed by atoms with Crippen LogP contribution in [0.3, 0.4) is 0 Å². The van der Waals surface area contributed by atoms with Gasteiger partial charge in [-0.05, 0) is 49.9 Å². The molecule has 0 aromatic heterocycles. The summed E-state index contributed by atoms with van der Waals surface area (Å²) in [7, 11) is 0. The summed E-state index contributed by atoms with van der Waals surface area (Å²) < 4.78 is 26.6. The van der Waals surface area contributed by atoms with E-state index in [0.717, 1.165) is 18.2 Å². The lowest BCUT2D eigenvalue weighted by Gasteiger charge is -2.36. The number of carboxylic acids is 1. The molecule has 22 heavy (non-hydrogen) atoms. The van der Waals surface area contributed by atoms with Crippen molar-refractivity contribution in [2.24, 2.45) is 5.92 Å². The zero-order valence-electron chi connectivity index (χ0n) is 12.4. The second kappa shape index (κ2) is 6.85. The first-order valence-electron chi connectivity index (χ1n) is 7.34. The van der Waals surface area contributed by atoms with Gasteiger partial charge in [0, 0.05) is 19.0 Å². The van der Waals surface area contributed by atoms with Crippen LogP contribution in [0.4, 0.5) is 8.78 Å². The van der Waals surface area contributed by atoms with E-state index < -0.39 is 23.5 Å². The minimum atomic E-state index is -0.902. The van der Waals surface area contributed by atoms with Crippen molar-refractivity contribution in [1.82, 2.24) is 4.90 Å². The third kappa shape index (κ3) is 3.81. The highest BCUT2D eigenvalue weighted by molar-refractivity contribution is 5.78. The molecule has 4 nitrogen and oxygen atoms in total. The van der Waals surface area contributed by atoms with Gasteiger partial charge in [-0.25, -0.2) is 8.78 Å². The van der Waals surface area contributed by atoms with Crippen LogP contribution in [0, 0.1) is 17.6 Å². The maximum atomic E-state index is 13.5. The van der Waals surface area contributed by atoms with Crippen LogP contribution in [0.2, 0.25) is 0 Å². The van der Waals surface area contributed by atoms with Crippen LogP contribution in [-0.4, -0.2) is 34.5 Å². The van der Waals surface area contributed by atoms with Crippen LogP contribution in [0.5, 0.6) is 0 Å². The van der Waals surface area contributed by atoms with Gasteiger partial charge in [0.15, 0.2) is 0 Å². The standard InChI is InChI=1S/C16H19F2NO3/c1-10-2-3-12(16(21)22)9-19(10)15(20)7-4-11-8-13(17)5-6-14(11)18/h5-6,8,10,12H,2-4,7,9H2,1H3,(H,21,22). The molecule has 1 fully saturated rings. The first-order valence-corrected chi connectivity index (χ1v) is 7.34. The Balaban J connectivity index is 1.98. The molecular formula is C16H19F2NO3. The second-order valence-electron chi connectivity index (χ2n) is 5.74. The lowest BCUT2D eigenvalue weighted by Crippen LogP contribution is -2.47. The first kappa shape index (κ1) is 16.4. The van der Waals surface area contributed by atoms with Gasteiger partial charge in [-0.2, -0.15) is 0 Å². The number of piperidine rings is 1. The maximum absolute atomic E-state index is 13.5. The molecule has 0 bridgehead atoms. The van der Waals surface area contributed by atoms with Crippen molar-refractivity contribution in [3.05, 3.63) is 35.4 Å². The van der Waals surface area contributed by atoms with Gasteiger partial charge in [-0.3, -0.25) is 9.59 Å². The first-order chi connectivity index (χ1) is 10.4. The topological polar surface area (TPSA) is 57.6 Å². The fourth-order valence-electron chi connectivity index (χ4n) is 2.78. The van der Waals surface area contributed by atoms with Crippen LogP contribution < -0.4 is 0 Å². The molecule has 2 unspecified atom stereocenters. The summed E-state index contributed by atoms with van der Waals surface area (Å²) in [6.45, 7) is 2.06. The lowest BCUT2D eigenvalue weighted by atomic mass is 9.93. The Hall–Kier alpha value is -1.98. The smallest absolute Gasteiger partial charge is 0.308 e. The number of aliphatic carboxylic acids is 1. The molecule has 1 aromatic carbocycles. The van der Waals surface area contributed by atoms with Crippen LogP contribution in [0.25, 0.3) is 0 Å². The molecule has 0 aliphatic carbocycles. The molecule has 1 aromatic rings. The molecule has 1 amide bonds. The summed E-state index contributed by atoms with van der Waals surface area (Å²) in [6.07, 6.45) is 1.33. The number of amides is 1. The number of carbonyl (C=O) groups is 2. The van der Waals surface area contributed by atoms with Gasteiger partial charge in [0.05, 0.1) is 5.92 Å². The van der Waals surface area contributed by atoms with Gasteiger partial charge in [-0.15, -0.1) is 0 Å². The number of halogens is 2. The van der Waals surface area contributed by atoms with E-state index >= 15 is 0 Å². The van der Waals surface area contributed by atoms with Crippen LogP contribution >= 0.6 is 0 Å². The maximum Gasteiger partial charge on any atom is 0.308 e. The van der Waals surface area contributed by atoms with Gasteiger partial charge in [0.2, 0.25) is 5.91 Å². The highest BCUT2D eigenvalue weighted by Gasteiger charge is 2.32. The van der Waals surface area contributed by atoms with Crippen LogP contribution in [0.15, 0.2) is 18.2 Å². The average molecular weight is 311 g/mol. The van der Waals surface area contributed by atoms with Crippen molar-refractivity contribution in [3.8, 4) is 0 Å². The molecular weight excluding hydrogens is 292 g/mol. The predicted molar refractivity (Wildman–Crippen MR) is 76.2 cm³/mol. The minimum Gasteiger partial charge on any atom is -0.481 e. The predicted octanol–water partition coefficient (Wildman–Crippen LogP) is 2.61. The van der Waals surface area contributed by atoms with Crippen LogP contribution in [-0.2, 0) is 16.0 Å². The molecule has 1 saturated heterocycles. The van der Waals surface area contributed by atoms with Crippen molar-refractivity contribution < 1.29 is 23.5 Å². The normalized spacial score (nSPS) is 21.7. The number of aryl methyl sites for hydroxylation is 1. The van der Waals surface area contributed by atoms with Crippen LogP contribution in [0.1, 0.15) is 31.7 Å². The van der Waals surface area contributed by atoms with Gasteiger partial charge >= 0.3 is 5.97 Å². The Morgan fingerprint density at radius 3 is 2.73 bits per heavy atom. The molecule has 2 atom stereocenters. The lowest BCUT2D eigenvalue weighted by molar-refractivity contribution is -0.147. The van der Waals surface area contributed by atoms with Gasteiger partial charge in [0.1, 0.15) is 11.6 Å². The van der Waals surface area contributed by atoms with Crippen molar-refractivity contribution in [2.75, 3.05) is 6.54 Å². The number of carboxylic acid groups (broad SMARTS) is 1. The van der Waals surface area contributed by atoms with Crippen molar-refractivity contribution >= 4 is 11.9 Å². The second-order valence-corrected chi connectivity index (χ2v) is 5.74. The molecule has 6 heteroatoms. The number of likely N-dealkylation sites (tertiary alicyclic amines) is 1. The SMILES string of the molecule is CC1CCC(C(=O)O)CN1C(=O)CCc1cc(F)ccc1F. The molecule has 1 heterocycles. The van der Waals surface area contributed by atoms with Gasteiger partial charge in [-0.1, -0.05) is 0 Å². The number of benzene rings is 1. The molecule has 120 valence electrons. The van der Waals surface area contributed by atoms with E-state index in [2.05, 4.69) is 0 Å². The largest absolute Gasteiger partial charge is 0.481 e. The number of hydrogen-bond donors (Lipinski definition) is 1. The summed E-state index contributed by atoms with van der Waals surface area (Å²) in [4.78, 5) is 24.9. The highest BCUT2D eigenvalue weighted by atomic mass is 19.1. The van der Waals surface area contributed by atoms with Gasteiger partial charge in [0.25, 0.3) is 0 Å². The fourth-order valence-corrected chi connectivity index (χ4v) is 2.78. The van der Waals surface area contributed by atoms with E-state index in [4.69, 9.17) is 5.11 Å². The third-order valence-corrected chi connectivity index (χ3v) is 4.17. The van der Waals surface area contributed by atoms with E-state index in [1.54, 1.807) is 4.90 Å². The van der Waals surface area contributed by atoms with Gasteiger partial charge < -0.3 is 10.0 Å². The summed E-state index contributed by atoms with van der Waals surface area (Å²) in [5.74, 6) is -2.75. The molecule has 1 aliphatic rings. The molecule has 1 aliphatic heterocycles. The number of rotatable bonds is 4. The monoisotopic (exact) mass is 311 g/mol. The zero-order chi connectivity index (χ0) is 16.3. The van der Waals surface area contributed by atoms with E-state index in [0.29, 0.717) is 12.8 Å². The molecule has 0 radical (unpaired) electrons. The Morgan fingerprint density at radius 2 is 2.05 bits per heavy atom. The van der Waals surface area contributed by atoms with Crippen molar-refractivity contribution in [2.45, 2.75) is 38.6 Å². The fraction of sp³-hybridized carbons (Fsp3) is 0.500. The Bertz CT molecular complexity index is 577. The molecule has 0 saturated carbocycles. The Kier molecular flexibility index (Phi) is 5.11. The molecule has 1 N–H and O–H groups in total. The molecule has 0 spiro atoms. The zero-order valence-corrected chi connectivity index (χ0v) is 12.4. The highest BCUT2D eigenvalue weighted by Crippen LogP contribution is 2.23. The van der Waals surface area contributed by atoms with E-state index in [-0.39, 0.29) is 36.9 Å². The number of carbonyl (C=O) groups excluding carboxylic acids is 1. The third-order valence-electron chi connectivity index (χ3n) is 4.17. The minimum absolute atomic E-state index is 0.0274. The summed E-state index contributed by atoms with van der Waals surface area (Å²) in [5, 5.41) is 9.07. The summed E-state index contributed by atoms with van der Waals surface area (Å²) >= 11 is 0. The van der Waals surface area contributed by atoms with E-state index in [1.165, 1.54) is 0 Å². The Labute approximate surface area is 127 Å². The number of nitrogens with zero attached hydrogens (tertiary/aromatic N) is 1. The van der Waals surface area contributed by atoms with E-state index in [9.17, 15) is 18.4 Å².